The molecule has 2 fully saturated rings. The molecule has 3 rings (SSSR count). The first kappa shape index (κ1) is 15.3. The highest BCUT2D eigenvalue weighted by Crippen LogP contribution is 2.38. The minimum atomic E-state index is 0.177. The van der Waals surface area contributed by atoms with E-state index >= 15 is 0 Å². The first-order valence-corrected chi connectivity index (χ1v) is 8.41. The minimum Gasteiger partial charge on any atom is -0.378 e. The third-order valence-electron chi connectivity index (χ3n) is 4.75. The van der Waals surface area contributed by atoms with Gasteiger partial charge in [-0.2, -0.15) is 0 Å². The van der Waals surface area contributed by atoms with Crippen LogP contribution in [0.4, 0.5) is 5.69 Å². The molecule has 0 spiro atoms. The summed E-state index contributed by atoms with van der Waals surface area (Å²) in [6.07, 6.45) is 3.26. The maximum absolute atomic E-state index is 12.1. The van der Waals surface area contributed by atoms with Crippen LogP contribution >= 0.6 is 0 Å². The van der Waals surface area contributed by atoms with Gasteiger partial charge in [-0.25, -0.2) is 0 Å². The summed E-state index contributed by atoms with van der Waals surface area (Å²) in [4.78, 5) is 14.4. The van der Waals surface area contributed by atoms with Gasteiger partial charge in [-0.15, -0.1) is 0 Å². The second kappa shape index (κ2) is 7.14. The molecule has 1 atom stereocenters. The van der Waals surface area contributed by atoms with Crippen molar-refractivity contribution in [2.24, 2.45) is 11.8 Å². The van der Waals surface area contributed by atoms with Crippen molar-refractivity contribution in [3.8, 4) is 0 Å². The number of para-hydroxylation sites is 1. The van der Waals surface area contributed by atoms with E-state index in [2.05, 4.69) is 35.3 Å². The predicted octanol–water partition coefficient (Wildman–Crippen LogP) is 2.58. The average molecular weight is 302 g/mol. The van der Waals surface area contributed by atoms with Gasteiger partial charge in [-0.3, -0.25) is 4.79 Å². The third-order valence-corrected chi connectivity index (χ3v) is 4.75. The highest BCUT2D eigenvalue weighted by Gasteiger charge is 2.29. The Bertz CT molecular complexity index is 508. The van der Waals surface area contributed by atoms with E-state index in [0.717, 1.165) is 32.2 Å². The zero-order valence-electron chi connectivity index (χ0n) is 13.4. The molecule has 2 aliphatic rings. The molecule has 1 N–H and O–H groups in total. The van der Waals surface area contributed by atoms with Crippen molar-refractivity contribution in [3.63, 3.8) is 0 Å². The number of amides is 1. The van der Waals surface area contributed by atoms with E-state index in [1.807, 2.05) is 6.07 Å². The fourth-order valence-corrected chi connectivity index (χ4v) is 3.16. The second-order valence-corrected chi connectivity index (χ2v) is 6.52. The van der Waals surface area contributed by atoms with E-state index in [0.29, 0.717) is 18.9 Å². The maximum atomic E-state index is 12.1. The fourth-order valence-electron chi connectivity index (χ4n) is 3.16. The van der Waals surface area contributed by atoms with E-state index < -0.39 is 0 Å². The summed E-state index contributed by atoms with van der Waals surface area (Å²) in [6, 6.07) is 8.35. The molecule has 120 valence electrons. The average Bonchev–Trinajstić information content (AvgIpc) is 3.39. The first-order chi connectivity index (χ1) is 10.7. The van der Waals surface area contributed by atoms with Crippen LogP contribution in [0.1, 0.15) is 31.7 Å². The summed E-state index contributed by atoms with van der Waals surface area (Å²) in [5.41, 5.74) is 2.41. The van der Waals surface area contributed by atoms with Crippen molar-refractivity contribution < 1.29 is 9.53 Å². The van der Waals surface area contributed by atoms with Gasteiger partial charge in [0.1, 0.15) is 0 Å². The Morgan fingerprint density at radius 3 is 2.77 bits per heavy atom. The lowest BCUT2D eigenvalue weighted by molar-refractivity contribution is -0.122. The number of nitrogens with zero attached hydrogens (tertiary/aromatic N) is 1. The highest BCUT2D eigenvalue weighted by atomic mass is 16.5. The predicted molar refractivity (Wildman–Crippen MR) is 87.8 cm³/mol. The minimum absolute atomic E-state index is 0.177. The van der Waals surface area contributed by atoms with Gasteiger partial charge in [0.2, 0.25) is 5.91 Å². The van der Waals surface area contributed by atoms with Crippen LogP contribution in [-0.4, -0.2) is 32.2 Å². The van der Waals surface area contributed by atoms with Crippen molar-refractivity contribution in [2.75, 3.05) is 31.2 Å². The molecule has 1 aliphatic carbocycles. The van der Waals surface area contributed by atoms with Gasteiger partial charge in [0, 0.05) is 31.7 Å². The Balaban J connectivity index is 1.56. The van der Waals surface area contributed by atoms with Gasteiger partial charge in [0.15, 0.2) is 0 Å². The van der Waals surface area contributed by atoms with Crippen molar-refractivity contribution in [1.82, 2.24) is 5.32 Å². The summed E-state index contributed by atoms with van der Waals surface area (Å²) < 4.78 is 5.42. The number of benzene rings is 1. The standard InChI is InChI=1S/C18H26N2O2/c1-14(15-6-7-15)12-18(21)19-13-16-4-2-3-5-17(16)20-8-10-22-11-9-20/h2-5,14-15H,6-13H2,1H3,(H,19,21)/t14-/m1/s1. The molecule has 1 aromatic carbocycles. The van der Waals surface area contributed by atoms with Gasteiger partial charge in [0.05, 0.1) is 13.2 Å². The number of rotatable bonds is 6. The SMILES string of the molecule is C[C@H](CC(=O)NCc1ccccc1N1CCOCC1)C1CC1. The molecule has 1 aliphatic heterocycles. The van der Waals surface area contributed by atoms with Gasteiger partial charge in [0.25, 0.3) is 0 Å². The second-order valence-electron chi connectivity index (χ2n) is 6.52. The molecule has 4 nitrogen and oxygen atoms in total. The van der Waals surface area contributed by atoms with Crippen LogP contribution in [0.2, 0.25) is 0 Å². The fraction of sp³-hybridized carbons (Fsp3) is 0.611. The zero-order chi connectivity index (χ0) is 15.4. The molecule has 4 heteroatoms. The number of morpholine rings is 1. The van der Waals surface area contributed by atoms with Gasteiger partial charge < -0.3 is 15.0 Å². The van der Waals surface area contributed by atoms with Crippen molar-refractivity contribution in [2.45, 2.75) is 32.7 Å². The number of carbonyl (C=O) groups is 1. The van der Waals surface area contributed by atoms with E-state index in [1.165, 1.54) is 24.1 Å². The summed E-state index contributed by atoms with van der Waals surface area (Å²) in [5, 5.41) is 3.10. The lowest BCUT2D eigenvalue weighted by Gasteiger charge is -2.30. The Hall–Kier alpha value is -1.55. The molecule has 1 saturated heterocycles. The third kappa shape index (κ3) is 4.01. The Labute approximate surface area is 132 Å². The summed E-state index contributed by atoms with van der Waals surface area (Å²) in [6.45, 7) is 6.20. The number of ether oxygens (including phenoxy) is 1. The molecule has 0 unspecified atom stereocenters. The van der Waals surface area contributed by atoms with Crippen LogP contribution < -0.4 is 10.2 Å². The Morgan fingerprint density at radius 1 is 1.32 bits per heavy atom. The molecule has 0 aromatic heterocycles. The van der Waals surface area contributed by atoms with E-state index in [9.17, 15) is 4.79 Å². The quantitative estimate of drug-likeness (QED) is 0.878. The molecule has 22 heavy (non-hydrogen) atoms. The summed E-state index contributed by atoms with van der Waals surface area (Å²) in [5.74, 6) is 1.48. The van der Waals surface area contributed by atoms with Crippen LogP contribution in [0, 0.1) is 11.8 Å². The molecular weight excluding hydrogens is 276 g/mol. The van der Waals surface area contributed by atoms with Crippen LogP contribution in [0.25, 0.3) is 0 Å². The van der Waals surface area contributed by atoms with Gasteiger partial charge >= 0.3 is 0 Å². The zero-order valence-corrected chi connectivity index (χ0v) is 13.4. The number of carbonyl (C=O) groups excluding carboxylic acids is 1. The molecule has 0 radical (unpaired) electrons. The summed E-state index contributed by atoms with van der Waals surface area (Å²) >= 11 is 0. The maximum Gasteiger partial charge on any atom is 0.220 e. The largest absolute Gasteiger partial charge is 0.378 e. The number of hydrogen-bond acceptors (Lipinski definition) is 3. The van der Waals surface area contributed by atoms with Crippen LogP contribution in [0.3, 0.4) is 0 Å². The van der Waals surface area contributed by atoms with Crippen molar-refractivity contribution in [1.29, 1.82) is 0 Å². The Morgan fingerprint density at radius 2 is 2.05 bits per heavy atom. The Kier molecular flexibility index (Phi) is 4.98. The van der Waals surface area contributed by atoms with E-state index in [1.54, 1.807) is 0 Å². The lowest BCUT2D eigenvalue weighted by atomic mass is 10.0. The lowest BCUT2D eigenvalue weighted by Crippen LogP contribution is -2.37. The van der Waals surface area contributed by atoms with Crippen molar-refractivity contribution in [3.05, 3.63) is 29.8 Å². The van der Waals surface area contributed by atoms with Crippen molar-refractivity contribution >= 4 is 11.6 Å². The first-order valence-electron chi connectivity index (χ1n) is 8.41. The van der Waals surface area contributed by atoms with E-state index in [4.69, 9.17) is 4.74 Å². The molecule has 0 bridgehead atoms. The summed E-state index contributed by atoms with van der Waals surface area (Å²) in [7, 11) is 0. The van der Waals surface area contributed by atoms with Crippen LogP contribution in [0.15, 0.2) is 24.3 Å². The topological polar surface area (TPSA) is 41.6 Å². The molecular formula is C18H26N2O2. The van der Waals surface area contributed by atoms with Crippen LogP contribution in [-0.2, 0) is 16.1 Å². The normalized spacial score (nSPS) is 19.8. The number of hydrogen-bond donors (Lipinski definition) is 1. The number of nitrogens with one attached hydrogen (secondary N) is 1. The van der Waals surface area contributed by atoms with E-state index in [-0.39, 0.29) is 5.91 Å². The molecule has 1 amide bonds. The molecule has 1 saturated carbocycles. The molecule has 1 heterocycles. The smallest absolute Gasteiger partial charge is 0.220 e. The van der Waals surface area contributed by atoms with Gasteiger partial charge in [-0.05, 0) is 36.3 Å². The molecule has 1 aromatic rings. The van der Waals surface area contributed by atoms with Crippen LogP contribution in [0.5, 0.6) is 0 Å². The van der Waals surface area contributed by atoms with Gasteiger partial charge in [-0.1, -0.05) is 25.1 Å². The number of anilines is 1. The highest BCUT2D eigenvalue weighted by molar-refractivity contribution is 5.76. The monoisotopic (exact) mass is 302 g/mol.